The molecule has 8 heteroatoms. The molecule has 0 atom stereocenters. The Hall–Kier alpha value is -1.54. The number of rotatable bonds is 2. The minimum atomic E-state index is 0.519. The second-order valence-electron chi connectivity index (χ2n) is 4.07. The third kappa shape index (κ3) is 5.05. The van der Waals surface area contributed by atoms with Crippen LogP contribution in [0.1, 0.15) is 5.69 Å². The van der Waals surface area contributed by atoms with E-state index in [1.165, 1.54) is 0 Å². The van der Waals surface area contributed by atoms with Gasteiger partial charge in [-0.2, -0.15) is 0 Å². The molecule has 114 valence electrons. The number of aryl methyl sites for hydroxylation is 1. The number of nitrogen functional groups attached to an aromatic ring is 2. The largest absolute Gasteiger partial charge is 0.385 e. The SMILES string of the molecule is CNc1cc(Br)c(C)nc1N.CNc1cc(Br)cnc1N. The Morgan fingerprint density at radius 1 is 1.00 bits per heavy atom. The zero-order chi connectivity index (χ0) is 16.0. The van der Waals surface area contributed by atoms with Crippen molar-refractivity contribution in [3.63, 3.8) is 0 Å². The summed E-state index contributed by atoms with van der Waals surface area (Å²) in [4.78, 5) is 8.03. The predicted octanol–water partition coefficient (Wildman–Crippen LogP) is 3.24. The van der Waals surface area contributed by atoms with Crippen molar-refractivity contribution in [1.29, 1.82) is 0 Å². The van der Waals surface area contributed by atoms with Crippen LogP contribution in [0.15, 0.2) is 27.3 Å². The number of aromatic nitrogens is 2. The molecule has 0 aliphatic carbocycles. The van der Waals surface area contributed by atoms with Crippen molar-refractivity contribution in [3.8, 4) is 0 Å². The Kier molecular flexibility index (Phi) is 6.70. The molecule has 6 nitrogen and oxygen atoms in total. The van der Waals surface area contributed by atoms with E-state index in [-0.39, 0.29) is 0 Å². The van der Waals surface area contributed by atoms with Crippen LogP contribution in [0.3, 0.4) is 0 Å². The Labute approximate surface area is 141 Å². The Morgan fingerprint density at radius 3 is 2.10 bits per heavy atom. The van der Waals surface area contributed by atoms with Crippen molar-refractivity contribution in [3.05, 3.63) is 33.0 Å². The maximum atomic E-state index is 5.61. The highest BCUT2D eigenvalue weighted by atomic mass is 79.9. The van der Waals surface area contributed by atoms with Gasteiger partial charge in [-0.05, 0) is 50.9 Å². The smallest absolute Gasteiger partial charge is 0.147 e. The van der Waals surface area contributed by atoms with E-state index in [1.54, 1.807) is 13.2 Å². The number of pyridine rings is 2. The first-order valence-electron chi connectivity index (χ1n) is 6.08. The van der Waals surface area contributed by atoms with Crippen LogP contribution in [-0.4, -0.2) is 24.1 Å². The summed E-state index contributed by atoms with van der Waals surface area (Å²) in [6.45, 7) is 1.90. The molecule has 2 aromatic heterocycles. The van der Waals surface area contributed by atoms with Gasteiger partial charge in [0.2, 0.25) is 0 Å². The van der Waals surface area contributed by atoms with E-state index in [9.17, 15) is 0 Å². The first-order chi connectivity index (χ1) is 9.88. The van der Waals surface area contributed by atoms with Gasteiger partial charge in [0.25, 0.3) is 0 Å². The summed E-state index contributed by atoms with van der Waals surface area (Å²) >= 11 is 6.64. The van der Waals surface area contributed by atoms with Crippen molar-refractivity contribution in [2.75, 3.05) is 36.2 Å². The highest BCUT2D eigenvalue weighted by molar-refractivity contribution is 9.10. The lowest BCUT2D eigenvalue weighted by Crippen LogP contribution is -1.99. The maximum absolute atomic E-state index is 5.61. The van der Waals surface area contributed by atoms with Gasteiger partial charge >= 0.3 is 0 Å². The topological polar surface area (TPSA) is 102 Å². The minimum absolute atomic E-state index is 0.519. The number of nitrogens with zero attached hydrogens (tertiary/aromatic N) is 2. The second-order valence-corrected chi connectivity index (χ2v) is 5.84. The van der Waals surface area contributed by atoms with E-state index in [0.29, 0.717) is 11.6 Å². The van der Waals surface area contributed by atoms with Gasteiger partial charge < -0.3 is 22.1 Å². The van der Waals surface area contributed by atoms with Crippen LogP contribution >= 0.6 is 31.9 Å². The Balaban J connectivity index is 0.000000211. The lowest BCUT2D eigenvalue weighted by Gasteiger charge is -2.05. The molecule has 0 bridgehead atoms. The molecule has 6 N–H and O–H groups in total. The molecular formula is C13H18Br2N6. The first kappa shape index (κ1) is 17.5. The highest BCUT2D eigenvalue weighted by Crippen LogP contribution is 2.23. The van der Waals surface area contributed by atoms with E-state index in [1.807, 2.05) is 26.1 Å². The fraction of sp³-hybridized carbons (Fsp3) is 0.231. The zero-order valence-electron chi connectivity index (χ0n) is 12.0. The number of halogens is 2. The highest BCUT2D eigenvalue weighted by Gasteiger charge is 2.01. The molecule has 2 rings (SSSR count). The maximum Gasteiger partial charge on any atom is 0.147 e. The third-order valence-electron chi connectivity index (χ3n) is 2.60. The van der Waals surface area contributed by atoms with Crippen molar-refractivity contribution >= 4 is 54.9 Å². The average molecular weight is 418 g/mol. The van der Waals surface area contributed by atoms with Crippen LogP contribution in [-0.2, 0) is 0 Å². The summed E-state index contributed by atoms with van der Waals surface area (Å²) in [7, 11) is 3.62. The van der Waals surface area contributed by atoms with Gasteiger partial charge in [0.15, 0.2) is 0 Å². The van der Waals surface area contributed by atoms with Gasteiger partial charge in [0.05, 0.1) is 17.1 Å². The van der Waals surface area contributed by atoms with Crippen molar-refractivity contribution in [1.82, 2.24) is 9.97 Å². The van der Waals surface area contributed by atoms with Gasteiger partial charge in [-0.25, -0.2) is 9.97 Å². The quantitative estimate of drug-likeness (QED) is 0.598. The van der Waals surface area contributed by atoms with Gasteiger partial charge in [0.1, 0.15) is 11.6 Å². The second kappa shape index (κ2) is 8.04. The molecule has 21 heavy (non-hydrogen) atoms. The molecule has 0 spiro atoms. The molecule has 2 aromatic rings. The Bertz CT molecular complexity index is 618. The summed E-state index contributed by atoms with van der Waals surface area (Å²) in [5.41, 5.74) is 13.7. The van der Waals surface area contributed by atoms with Crippen molar-refractivity contribution in [2.24, 2.45) is 0 Å². The summed E-state index contributed by atoms with van der Waals surface area (Å²) in [5.74, 6) is 1.05. The van der Waals surface area contributed by atoms with Crippen LogP contribution in [0.2, 0.25) is 0 Å². The standard InChI is InChI=1S/C7H10BrN3.C6H8BrN3/c1-4-5(8)3-6(10-2)7(9)11-4;1-9-5-2-4(7)3-10-6(5)8/h3,10H,1-2H3,(H2,9,11);2-3,9H,1H3,(H2,8,10). The summed E-state index contributed by atoms with van der Waals surface area (Å²) in [6.07, 6.45) is 1.66. The number of hydrogen-bond acceptors (Lipinski definition) is 6. The van der Waals surface area contributed by atoms with Crippen LogP contribution < -0.4 is 22.1 Å². The van der Waals surface area contributed by atoms with E-state index in [2.05, 4.69) is 52.5 Å². The lowest BCUT2D eigenvalue weighted by molar-refractivity contribution is 1.19. The van der Waals surface area contributed by atoms with Gasteiger partial charge in [0, 0.05) is 29.2 Å². The zero-order valence-corrected chi connectivity index (χ0v) is 15.2. The van der Waals surface area contributed by atoms with Crippen LogP contribution in [0.25, 0.3) is 0 Å². The number of anilines is 4. The van der Waals surface area contributed by atoms with Crippen LogP contribution in [0, 0.1) is 6.92 Å². The average Bonchev–Trinajstić information content (AvgIpc) is 2.46. The number of nitrogens with two attached hydrogens (primary N) is 2. The molecule has 0 aromatic carbocycles. The molecule has 0 aliphatic rings. The minimum Gasteiger partial charge on any atom is -0.385 e. The normalized spacial score (nSPS) is 9.57. The van der Waals surface area contributed by atoms with Crippen LogP contribution in [0.4, 0.5) is 23.0 Å². The number of hydrogen-bond donors (Lipinski definition) is 4. The predicted molar refractivity (Wildman–Crippen MR) is 96.5 cm³/mol. The molecule has 0 aliphatic heterocycles. The molecule has 0 unspecified atom stereocenters. The fourth-order valence-corrected chi connectivity index (χ4v) is 2.10. The van der Waals surface area contributed by atoms with Gasteiger partial charge in [-0.3, -0.25) is 0 Å². The molecule has 0 fully saturated rings. The van der Waals surface area contributed by atoms with Gasteiger partial charge in [-0.15, -0.1) is 0 Å². The van der Waals surface area contributed by atoms with Crippen molar-refractivity contribution in [2.45, 2.75) is 6.92 Å². The molecular weight excluding hydrogens is 400 g/mol. The van der Waals surface area contributed by atoms with Crippen LogP contribution in [0.5, 0.6) is 0 Å². The lowest BCUT2D eigenvalue weighted by atomic mass is 10.3. The molecule has 2 heterocycles. The molecule has 0 radical (unpaired) electrons. The Morgan fingerprint density at radius 2 is 1.57 bits per heavy atom. The molecule has 0 saturated heterocycles. The fourth-order valence-electron chi connectivity index (χ4n) is 1.45. The summed E-state index contributed by atoms with van der Waals surface area (Å²) in [6, 6.07) is 3.79. The summed E-state index contributed by atoms with van der Waals surface area (Å²) < 4.78 is 1.89. The van der Waals surface area contributed by atoms with Gasteiger partial charge in [-0.1, -0.05) is 0 Å². The van der Waals surface area contributed by atoms with Crippen molar-refractivity contribution < 1.29 is 0 Å². The third-order valence-corrected chi connectivity index (χ3v) is 3.84. The monoisotopic (exact) mass is 416 g/mol. The van der Waals surface area contributed by atoms with E-state index >= 15 is 0 Å². The summed E-state index contributed by atoms with van der Waals surface area (Å²) in [5, 5.41) is 5.86. The van der Waals surface area contributed by atoms with E-state index < -0.39 is 0 Å². The number of nitrogens with one attached hydrogen (secondary N) is 2. The van der Waals surface area contributed by atoms with E-state index in [4.69, 9.17) is 11.5 Å². The molecule has 0 saturated carbocycles. The van der Waals surface area contributed by atoms with E-state index in [0.717, 1.165) is 26.0 Å². The molecule has 0 amide bonds. The first-order valence-corrected chi connectivity index (χ1v) is 7.66.